The summed E-state index contributed by atoms with van der Waals surface area (Å²) in [6.45, 7) is 5.10. The molecule has 2 aliphatic heterocycles. The number of aliphatic imine (C=N–C) groups is 1. The van der Waals surface area contributed by atoms with Crippen LogP contribution in [0.5, 0.6) is 0 Å². The highest BCUT2D eigenvalue weighted by atomic mass is 16.5. The molecule has 1 unspecified atom stereocenters. The number of carbonyl (C=O) groups is 2. The number of aromatic nitrogens is 2. The van der Waals surface area contributed by atoms with E-state index < -0.39 is 5.92 Å². The summed E-state index contributed by atoms with van der Waals surface area (Å²) in [4.78, 5) is 32.2. The summed E-state index contributed by atoms with van der Waals surface area (Å²) in [7, 11) is 0. The first-order chi connectivity index (χ1) is 19.5. The molecule has 1 atom stereocenters. The molecule has 6 rings (SSSR count). The van der Waals surface area contributed by atoms with Gasteiger partial charge in [-0.2, -0.15) is 5.10 Å². The number of aryl methyl sites for hydroxylation is 1. The van der Waals surface area contributed by atoms with Gasteiger partial charge in [-0.3, -0.25) is 19.7 Å². The van der Waals surface area contributed by atoms with Crippen molar-refractivity contribution in [3.63, 3.8) is 0 Å². The zero-order valence-corrected chi connectivity index (χ0v) is 22.2. The van der Waals surface area contributed by atoms with Crippen molar-refractivity contribution in [3.05, 3.63) is 101 Å². The van der Waals surface area contributed by atoms with Crippen LogP contribution in [0.15, 0.2) is 77.8 Å². The predicted molar refractivity (Wildman–Crippen MR) is 156 cm³/mol. The third-order valence-electron chi connectivity index (χ3n) is 7.12. The van der Waals surface area contributed by atoms with Crippen molar-refractivity contribution in [2.45, 2.75) is 19.3 Å². The fourth-order valence-electron chi connectivity index (χ4n) is 5.05. The van der Waals surface area contributed by atoms with Gasteiger partial charge in [0.05, 0.1) is 18.9 Å². The molecule has 0 aliphatic carbocycles. The van der Waals surface area contributed by atoms with Crippen molar-refractivity contribution in [1.29, 1.82) is 0 Å². The molecular weight excluding hydrogens is 504 g/mol. The second kappa shape index (κ2) is 11.2. The van der Waals surface area contributed by atoms with Gasteiger partial charge < -0.3 is 20.3 Å². The van der Waals surface area contributed by atoms with Crippen LogP contribution in [0.4, 0.5) is 22.7 Å². The van der Waals surface area contributed by atoms with Gasteiger partial charge in [-0.25, -0.2) is 0 Å². The molecule has 2 amide bonds. The maximum Gasteiger partial charge on any atom is 0.276 e. The van der Waals surface area contributed by atoms with Gasteiger partial charge >= 0.3 is 0 Å². The molecule has 3 heterocycles. The summed E-state index contributed by atoms with van der Waals surface area (Å²) >= 11 is 0. The van der Waals surface area contributed by atoms with Gasteiger partial charge in [0.15, 0.2) is 5.69 Å². The Bertz CT molecular complexity index is 1570. The minimum absolute atomic E-state index is 0.0841. The number of morpholine rings is 1. The summed E-state index contributed by atoms with van der Waals surface area (Å²) < 4.78 is 5.43. The Labute approximate surface area is 232 Å². The molecule has 4 aromatic rings. The van der Waals surface area contributed by atoms with E-state index in [4.69, 9.17) is 4.74 Å². The first kappa shape index (κ1) is 25.5. The van der Waals surface area contributed by atoms with Crippen molar-refractivity contribution >= 4 is 40.8 Å². The topological polar surface area (TPSA) is 112 Å². The van der Waals surface area contributed by atoms with Gasteiger partial charge in [0.2, 0.25) is 5.91 Å². The first-order valence-corrected chi connectivity index (χ1v) is 13.3. The molecule has 9 nitrogen and oxygen atoms in total. The molecule has 1 fully saturated rings. The number of hydrogen-bond donors (Lipinski definition) is 3. The van der Waals surface area contributed by atoms with Gasteiger partial charge in [-0.1, -0.05) is 24.3 Å². The standard InChI is InChI=1S/C31H30N6O3/c1-20-15-29(36-35-20)31(39)33-24-4-2-3-21(17-24)16-22-5-10-28-26(18-22)27(30(38)34-28)19-32-23-6-8-25(9-7-23)37-11-13-40-14-12-37/h2-10,15,17-19,27H,11-14,16H2,1H3,(H,33,39)(H,34,38)(H,35,36). The Balaban J connectivity index is 1.14. The Morgan fingerprint density at radius 2 is 1.88 bits per heavy atom. The van der Waals surface area contributed by atoms with Crippen LogP contribution in [0.1, 0.15) is 38.8 Å². The zero-order valence-electron chi connectivity index (χ0n) is 22.2. The van der Waals surface area contributed by atoms with Crippen molar-refractivity contribution < 1.29 is 14.3 Å². The lowest BCUT2D eigenvalue weighted by molar-refractivity contribution is -0.115. The molecule has 0 spiro atoms. The van der Waals surface area contributed by atoms with Crippen LogP contribution in [0.25, 0.3) is 0 Å². The van der Waals surface area contributed by atoms with Crippen LogP contribution in [0, 0.1) is 6.92 Å². The molecule has 0 saturated carbocycles. The van der Waals surface area contributed by atoms with Gasteiger partial charge in [-0.05, 0) is 78.6 Å². The number of hydrogen-bond acceptors (Lipinski definition) is 6. The second-order valence-corrected chi connectivity index (χ2v) is 10.0. The highest BCUT2D eigenvalue weighted by molar-refractivity contribution is 6.12. The van der Waals surface area contributed by atoms with E-state index in [1.807, 2.05) is 55.5 Å². The van der Waals surface area contributed by atoms with E-state index in [0.717, 1.165) is 65.7 Å². The number of ether oxygens (including phenoxy) is 1. The number of rotatable bonds is 7. The first-order valence-electron chi connectivity index (χ1n) is 13.3. The second-order valence-electron chi connectivity index (χ2n) is 10.0. The summed E-state index contributed by atoms with van der Waals surface area (Å²) in [5, 5.41) is 12.7. The van der Waals surface area contributed by atoms with E-state index >= 15 is 0 Å². The summed E-state index contributed by atoms with van der Waals surface area (Å²) in [5.41, 5.74) is 7.65. The summed E-state index contributed by atoms with van der Waals surface area (Å²) in [6, 6.07) is 23.5. The van der Waals surface area contributed by atoms with E-state index in [1.54, 1.807) is 12.3 Å². The van der Waals surface area contributed by atoms with Gasteiger partial charge in [0.25, 0.3) is 5.91 Å². The molecule has 0 bridgehead atoms. The Hall–Kier alpha value is -4.76. The van der Waals surface area contributed by atoms with Crippen molar-refractivity contribution in [3.8, 4) is 0 Å². The third kappa shape index (κ3) is 5.64. The molecule has 1 aromatic heterocycles. The van der Waals surface area contributed by atoms with E-state index in [-0.39, 0.29) is 11.8 Å². The number of aromatic amines is 1. The summed E-state index contributed by atoms with van der Waals surface area (Å²) in [6.07, 6.45) is 2.38. The number of amides is 2. The van der Waals surface area contributed by atoms with Crippen molar-refractivity contribution in [2.24, 2.45) is 4.99 Å². The van der Waals surface area contributed by atoms with Gasteiger partial charge in [0, 0.05) is 42.1 Å². The Morgan fingerprint density at radius 1 is 1.07 bits per heavy atom. The number of H-pyrrole nitrogens is 1. The molecule has 1 saturated heterocycles. The Kier molecular flexibility index (Phi) is 7.11. The molecule has 2 aliphatic rings. The molecule has 40 heavy (non-hydrogen) atoms. The maximum atomic E-state index is 12.8. The largest absolute Gasteiger partial charge is 0.378 e. The smallest absolute Gasteiger partial charge is 0.276 e. The predicted octanol–water partition coefficient (Wildman–Crippen LogP) is 4.84. The number of nitrogens with one attached hydrogen (secondary N) is 3. The normalized spacial score (nSPS) is 16.7. The van der Waals surface area contributed by atoms with Crippen molar-refractivity contribution in [1.82, 2.24) is 10.2 Å². The SMILES string of the molecule is Cc1cc(C(=O)Nc2cccc(Cc3ccc4c(c3)C(C=Nc3ccc(N5CCOCC5)cc3)C(=O)N4)c2)n[nH]1. The number of benzene rings is 3. The lowest BCUT2D eigenvalue weighted by Crippen LogP contribution is -2.36. The van der Waals surface area contributed by atoms with E-state index in [9.17, 15) is 9.59 Å². The number of fused-ring (bicyclic) bond motifs is 1. The quantitative estimate of drug-likeness (QED) is 0.294. The minimum atomic E-state index is -0.461. The fourth-order valence-corrected chi connectivity index (χ4v) is 5.05. The van der Waals surface area contributed by atoms with Crippen LogP contribution in [0.2, 0.25) is 0 Å². The Morgan fingerprint density at radius 3 is 2.65 bits per heavy atom. The number of nitrogens with zero attached hydrogens (tertiary/aromatic N) is 3. The van der Waals surface area contributed by atoms with Crippen molar-refractivity contribution in [2.75, 3.05) is 41.8 Å². The van der Waals surface area contributed by atoms with E-state index in [0.29, 0.717) is 17.8 Å². The average Bonchev–Trinajstić information content (AvgIpc) is 3.55. The molecule has 3 N–H and O–H groups in total. The lowest BCUT2D eigenvalue weighted by atomic mass is 9.96. The number of carbonyl (C=O) groups excluding carboxylic acids is 2. The number of anilines is 3. The summed E-state index contributed by atoms with van der Waals surface area (Å²) in [5.74, 6) is -0.808. The van der Waals surface area contributed by atoms with Crippen LogP contribution in [-0.2, 0) is 16.0 Å². The van der Waals surface area contributed by atoms with Gasteiger partial charge in [-0.15, -0.1) is 0 Å². The van der Waals surface area contributed by atoms with E-state index in [1.165, 1.54) is 0 Å². The molecule has 202 valence electrons. The van der Waals surface area contributed by atoms with E-state index in [2.05, 4.69) is 48.9 Å². The molecule has 0 radical (unpaired) electrons. The van der Waals surface area contributed by atoms with Crippen LogP contribution < -0.4 is 15.5 Å². The molecular formula is C31H30N6O3. The highest BCUT2D eigenvalue weighted by Crippen LogP contribution is 2.33. The molecule has 9 heteroatoms. The van der Waals surface area contributed by atoms with Crippen LogP contribution in [-0.4, -0.2) is 54.5 Å². The molecule has 3 aromatic carbocycles. The fraction of sp³-hybridized carbons (Fsp3) is 0.226. The van der Waals surface area contributed by atoms with Gasteiger partial charge in [0.1, 0.15) is 5.92 Å². The van der Waals surface area contributed by atoms with Crippen LogP contribution >= 0.6 is 0 Å². The minimum Gasteiger partial charge on any atom is -0.378 e. The third-order valence-corrected chi connectivity index (χ3v) is 7.12. The highest BCUT2D eigenvalue weighted by Gasteiger charge is 2.29. The zero-order chi connectivity index (χ0) is 27.5. The maximum absolute atomic E-state index is 12.8. The average molecular weight is 535 g/mol. The van der Waals surface area contributed by atoms with Crippen LogP contribution in [0.3, 0.4) is 0 Å². The lowest BCUT2D eigenvalue weighted by Gasteiger charge is -2.28. The monoisotopic (exact) mass is 534 g/mol.